The van der Waals surface area contributed by atoms with Gasteiger partial charge in [-0.05, 0) is 96.3 Å². The molecule has 0 bridgehead atoms. The predicted octanol–water partition coefficient (Wildman–Crippen LogP) is 18.2. The summed E-state index contributed by atoms with van der Waals surface area (Å²) in [6, 6.07) is 0. The van der Waals surface area contributed by atoms with Crippen molar-refractivity contribution in [2.45, 2.75) is 271 Å². The highest BCUT2D eigenvalue weighted by Gasteiger charge is 2.19. The largest absolute Gasteiger partial charge is 0.462 e. The molecule has 0 aromatic carbocycles. The van der Waals surface area contributed by atoms with E-state index in [1.807, 2.05) is 0 Å². The van der Waals surface area contributed by atoms with Gasteiger partial charge in [-0.2, -0.15) is 0 Å². The summed E-state index contributed by atoms with van der Waals surface area (Å²) < 4.78 is 16.7. The molecule has 0 aromatic rings. The van der Waals surface area contributed by atoms with Gasteiger partial charge in [0, 0.05) is 19.3 Å². The SMILES string of the molecule is CCCCC/C=C\C/C=C\C/C=C\CCCCCCCCC(=O)OC(COC(=O)CCCCCCC)COC(=O)CCCCCCCCCC/C=C\C/C=C\C/C=C\CCCCCCC. The van der Waals surface area contributed by atoms with Crippen molar-refractivity contribution in [3.05, 3.63) is 72.9 Å². The Bertz CT molecular complexity index is 1230. The van der Waals surface area contributed by atoms with Gasteiger partial charge in [-0.15, -0.1) is 0 Å². The Morgan fingerprint density at radius 1 is 0.308 bits per heavy atom. The van der Waals surface area contributed by atoms with Gasteiger partial charge in [0.05, 0.1) is 0 Å². The molecule has 0 heterocycles. The summed E-state index contributed by atoms with van der Waals surface area (Å²) in [6.45, 7) is 6.50. The van der Waals surface area contributed by atoms with E-state index < -0.39 is 6.10 Å². The molecule has 0 saturated carbocycles. The van der Waals surface area contributed by atoms with Crippen molar-refractivity contribution in [2.75, 3.05) is 13.2 Å². The summed E-state index contributed by atoms with van der Waals surface area (Å²) in [6.07, 6.45) is 67.8. The summed E-state index contributed by atoms with van der Waals surface area (Å²) in [5.41, 5.74) is 0. The minimum atomic E-state index is -0.782. The highest BCUT2D eigenvalue weighted by molar-refractivity contribution is 5.71. The minimum absolute atomic E-state index is 0.0842. The summed E-state index contributed by atoms with van der Waals surface area (Å²) in [4.78, 5) is 37.7. The van der Waals surface area contributed by atoms with E-state index in [1.54, 1.807) is 0 Å². The molecule has 0 aliphatic carbocycles. The molecule has 374 valence electrons. The van der Waals surface area contributed by atoms with Gasteiger partial charge in [0.25, 0.3) is 0 Å². The Hall–Kier alpha value is -3.15. The van der Waals surface area contributed by atoms with E-state index in [9.17, 15) is 14.4 Å². The number of hydrogen-bond donors (Lipinski definition) is 0. The lowest BCUT2D eigenvalue weighted by Gasteiger charge is -2.18. The van der Waals surface area contributed by atoms with Gasteiger partial charge in [-0.3, -0.25) is 14.4 Å². The van der Waals surface area contributed by atoms with Crippen LogP contribution in [0.5, 0.6) is 0 Å². The van der Waals surface area contributed by atoms with Crippen LogP contribution in [0.2, 0.25) is 0 Å². The van der Waals surface area contributed by atoms with Crippen LogP contribution in [-0.4, -0.2) is 37.2 Å². The quantitative estimate of drug-likeness (QED) is 0.0262. The van der Waals surface area contributed by atoms with Gasteiger partial charge in [0.2, 0.25) is 0 Å². The van der Waals surface area contributed by atoms with Gasteiger partial charge >= 0.3 is 17.9 Å². The van der Waals surface area contributed by atoms with Gasteiger partial charge in [-0.25, -0.2) is 0 Å². The molecule has 1 unspecified atom stereocenters. The summed E-state index contributed by atoms with van der Waals surface area (Å²) in [5, 5.41) is 0. The zero-order valence-corrected chi connectivity index (χ0v) is 42.7. The molecule has 0 fully saturated rings. The fourth-order valence-corrected chi connectivity index (χ4v) is 7.51. The Morgan fingerprint density at radius 3 is 0.892 bits per heavy atom. The van der Waals surface area contributed by atoms with E-state index >= 15 is 0 Å². The normalized spacial score (nSPS) is 12.6. The first-order valence-electron chi connectivity index (χ1n) is 27.4. The number of carbonyl (C=O) groups excluding carboxylic acids is 3. The smallest absolute Gasteiger partial charge is 0.306 e. The van der Waals surface area contributed by atoms with Crippen LogP contribution in [0.25, 0.3) is 0 Å². The first kappa shape index (κ1) is 61.9. The fourth-order valence-electron chi connectivity index (χ4n) is 7.51. The molecule has 0 spiro atoms. The molecule has 0 N–H and O–H groups in total. The number of allylic oxidation sites excluding steroid dienone is 12. The monoisotopic (exact) mass is 907 g/mol. The van der Waals surface area contributed by atoms with E-state index in [-0.39, 0.29) is 31.1 Å². The van der Waals surface area contributed by atoms with E-state index in [4.69, 9.17) is 14.2 Å². The Morgan fingerprint density at radius 2 is 0.554 bits per heavy atom. The maximum Gasteiger partial charge on any atom is 0.306 e. The molecule has 0 aliphatic rings. The lowest BCUT2D eigenvalue weighted by atomic mass is 10.1. The first-order valence-corrected chi connectivity index (χ1v) is 27.4. The second-order valence-corrected chi connectivity index (χ2v) is 18.1. The van der Waals surface area contributed by atoms with E-state index in [2.05, 4.69) is 93.7 Å². The average Bonchev–Trinajstić information content (AvgIpc) is 3.30. The fraction of sp³-hybridized carbons (Fsp3) is 0.746. The molecule has 0 radical (unpaired) electrons. The predicted molar refractivity (Wildman–Crippen MR) is 279 cm³/mol. The van der Waals surface area contributed by atoms with Gasteiger partial charge in [0.15, 0.2) is 6.10 Å². The molecule has 0 rings (SSSR count). The molecule has 1 atom stereocenters. The maximum atomic E-state index is 12.8. The van der Waals surface area contributed by atoms with Crippen molar-refractivity contribution < 1.29 is 28.6 Å². The first-order chi connectivity index (χ1) is 32.0. The number of ether oxygens (including phenoxy) is 3. The molecule has 6 heteroatoms. The molecule has 6 nitrogen and oxygen atoms in total. The van der Waals surface area contributed by atoms with Crippen LogP contribution in [0, 0.1) is 0 Å². The summed E-state index contributed by atoms with van der Waals surface area (Å²) in [7, 11) is 0. The summed E-state index contributed by atoms with van der Waals surface area (Å²) >= 11 is 0. The zero-order chi connectivity index (χ0) is 47.2. The highest BCUT2D eigenvalue weighted by Crippen LogP contribution is 2.14. The van der Waals surface area contributed by atoms with Crippen molar-refractivity contribution in [3.8, 4) is 0 Å². The van der Waals surface area contributed by atoms with Crippen LogP contribution < -0.4 is 0 Å². The maximum absolute atomic E-state index is 12.8. The number of unbranched alkanes of at least 4 members (excludes halogenated alkanes) is 26. The Kier molecular flexibility index (Phi) is 50.9. The van der Waals surface area contributed by atoms with Crippen LogP contribution in [0.1, 0.15) is 265 Å². The van der Waals surface area contributed by atoms with Gasteiger partial charge < -0.3 is 14.2 Å². The van der Waals surface area contributed by atoms with E-state index in [0.29, 0.717) is 19.3 Å². The van der Waals surface area contributed by atoms with Gasteiger partial charge in [-0.1, -0.05) is 222 Å². The second kappa shape index (κ2) is 53.5. The number of esters is 3. The molecular formula is C59H102O6. The van der Waals surface area contributed by atoms with Crippen LogP contribution in [0.4, 0.5) is 0 Å². The van der Waals surface area contributed by atoms with Crippen molar-refractivity contribution in [1.82, 2.24) is 0 Å². The second-order valence-electron chi connectivity index (χ2n) is 18.1. The zero-order valence-electron chi connectivity index (χ0n) is 42.7. The molecular weight excluding hydrogens is 805 g/mol. The number of rotatable bonds is 49. The third-order valence-electron chi connectivity index (χ3n) is 11.7. The van der Waals surface area contributed by atoms with Crippen LogP contribution in [-0.2, 0) is 28.6 Å². The van der Waals surface area contributed by atoms with Crippen molar-refractivity contribution in [2.24, 2.45) is 0 Å². The third kappa shape index (κ3) is 51.7. The van der Waals surface area contributed by atoms with Gasteiger partial charge in [0.1, 0.15) is 13.2 Å². The topological polar surface area (TPSA) is 78.9 Å². The molecule has 0 aliphatic heterocycles. The Labute approximate surface area is 402 Å². The molecule has 0 amide bonds. The number of carbonyl (C=O) groups is 3. The minimum Gasteiger partial charge on any atom is -0.462 e. The highest BCUT2D eigenvalue weighted by atomic mass is 16.6. The van der Waals surface area contributed by atoms with Crippen molar-refractivity contribution in [1.29, 1.82) is 0 Å². The Balaban J connectivity index is 4.17. The lowest BCUT2D eigenvalue weighted by Crippen LogP contribution is -2.30. The molecule has 0 aromatic heterocycles. The van der Waals surface area contributed by atoms with Crippen LogP contribution in [0.15, 0.2) is 72.9 Å². The van der Waals surface area contributed by atoms with Crippen molar-refractivity contribution in [3.63, 3.8) is 0 Å². The van der Waals surface area contributed by atoms with E-state index in [0.717, 1.165) is 109 Å². The third-order valence-corrected chi connectivity index (χ3v) is 11.7. The number of hydrogen-bond acceptors (Lipinski definition) is 6. The van der Waals surface area contributed by atoms with Crippen LogP contribution >= 0.6 is 0 Å². The molecule has 0 saturated heterocycles. The van der Waals surface area contributed by atoms with Crippen molar-refractivity contribution >= 4 is 17.9 Å². The van der Waals surface area contributed by atoms with Crippen LogP contribution in [0.3, 0.4) is 0 Å². The standard InChI is InChI=1S/C59H102O6/c1-4-7-10-13-15-17-19-21-23-25-27-28-29-30-32-33-35-37-39-41-43-46-49-52-58(61)64-55-56(54-63-57(60)51-48-45-12-9-6-3)65-59(62)53-50-47-44-42-40-38-36-34-31-26-24-22-20-18-16-14-11-8-5-2/h16,18-19,21-22,24-25,27,29-31,34,56H,4-15,17,20,23,26,28,32-33,35-55H2,1-3H3/b18-16-,21-19-,24-22-,27-25-,30-29-,34-31-. The van der Waals surface area contributed by atoms with E-state index in [1.165, 1.54) is 116 Å². The summed E-state index contributed by atoms with van der Waals surface area (Å²) in [5.74, 6) is -0.915. The molecule has 65 heavy (non-hydrogen) atoms. The lowest BCUT2D eigenvalue weighted by molar-refractivity contribution is -0.167. The average molecular weight is 907 g/mol.